The van der Waals surface area contributed by atoms with Crippen molar-refractivity contribution in [3.8, 4) is 0 Å². The minimum atomic E-state index is -0.542. The van der Waals surface area contributed by atoms with Gasteiger partial charge in [0.15, 0.2) is 17.5 Å². The van der Waals surface area contributed by atoms with Gasteiger partial charge in [0.1, 0.15) is 22.5 Å². The highest BCUT2D eigenvalue weighted by atomic mass is 35.5. The molecule has 3 atom stereocenters. The minimum Gasteiger partial charge on any atom is -0.394 e. The number of aliphatic hydroxyl groups excluding tert-OH is 1. The van der Waals surface area contributed by atoms with Crippen molar-refractivity contribution in [2.75, 3.05) is 52.8 Å². The lowest BCUT2D eigenvalue weighted by Crippen LogP contribution is -2.46. The molecular weight excluding hydrogens is 893 g/mol. The number of allylic oxidation sites excluding steroid dienone is 1. The lowest BCUT2D eigenvalue weighted by molar-refractivity contribution is -0.120. The first-order valence-corrected chi connectivity index (χ1v) is 22.8. The fourth-order valence-electron chi connectivity index (χ4n) is 6.96. The number of fused-ring (bicyclic) bond motifs is 2. The van der Waals surface area contributed by atoms with Crippen LogP contribution in [-0.2, 0) is 9.59 Å². The van der Waals surface area contributed by atoms with Crippen LogP contribution in [0.15, 0.2) is 36.1 Å². The number of hydrogen-bond donors (Lipinski definition) is 9. The summed E-state index contributed by atoms with van der Waals surface area (Å²) in [6.45, 7) is 25.4. The molecule has 68 heavy (non-hydrogen) atoms. The largest absolute Gasteiger partial charge is 0.394 e. The van der Waals surface area contributed by atoms with Crippen LogP contribution in [0.1, 0.15) is 119 Å². The number of halogens is 2. The molecule has 5 heterocycles. The lowest BCUT2D eigenvalue weighted by Gasteiger charge is -2.32. The molecule has 5 rings (SSSR count). The van der Waals surface area contributed by atoms with Gasteiger partial charge < -0.3 is 48.9 Å². The Labute approximate surface area is 402 Å². The first-order chi connectivity index (χ1) is 32.0. The molecular formula is C46H69ClFN17O3. The Morgan fingerprint density at radius 3 is 1.65 bits per heavy atom. The third-order valence-electron chi connectivity index (χ3n) is 10.5. The van der Waals surface area contributed by atoms with Gasteiger partial charge in [-0.3, -0.25) is 14.6 Å². The van der Waals surface area contributed by atoms with Crippen molar-refractivity contribution in [3.05, 3.63) is 47.6 Å². The Hall–Kier alpha value is -6.61. The zero-order valence-corrected chi connectivity index (χ0v) is 41.5. The van der Waals surface area contributed by atoms with E-state index in [4.69, 9.17) is 28.8 Å². The van der Waals surface area contributed by atoms with Crippen LogP contribution in [0.5, 0.6) is 0 Å². The fraction of sp³-hybridized carbons (Fsp3) is 0.500. The number of rotatable bonds is 21. The van der Waals surface area contributed by atoms with E-state index in [1.165, 1.54) is 19.9 Å². The van der Waals surface area contributed by atoms with Gasteiger partial charge >= 0.3 is 0 Å². The lowest BCUT2D eigenvalue weighted by atomic mass is 9.94. The number of carbonyl (C=O) groups excluding carboxylic acids is 2. The summed E-state index contributed by atoms with van der Waals surface area (Å²) in [6.07, 6.45) is 10.1. The number of nitrogens with zero attached hydrogens (tertiary/aromatic N) is 9. The summed E-state index contributed by atoms with van der Waals surface area (Å²) in [6, 6.07) is 2.96. The van der Waals surface area contributed by atoms with E-state index in [0.29, 0.717) is 69.0 Å². The highest BCUT2D eigenvalue weighted by Crippen LogP contribution is 2.34. The summed E-state index contributed by atoms with van der Waals surface area (Å²) in [5.41, 5.74) is 19.7. The van der Waals surface area contributed by atoms with E-state index in [9.17, 15) is 19.1 Å². The van der Waals surface area contributed by atoms with Crippen molar-refractivity contribution in [3.63, 3.8) is 0 Å². The number of hydrogen-bond acceptors (Lipinski definition) is 18. The zero-order valence-electron chi connectivity index (χ0n) is 40.8. The van der Waals surface area contributed by atoms with Crippen LogP contribution in [-0.4, -0.2) is 99.8 Å². The van der Waals surface area contributed by atoms with Gasteiger partial charge in [-0.05, 0) is 65.3 Å². The number of aliphatic hydroxyl groups is 1. The van der Waals surface area contributed by atoms with Gasteiger partial charge in [-0.25, -0.2) is 29.3 Å². The SMILES string of the molecule is C=Nc1c(NC(C)(CCC)CNC(C)=O)nc(N)nc1C(=C)C.CCCCC(C)(CO)Nc1nc(N)nc2cc(F)cnc12.CCCC[C@@](C)(CNC(C)=O)Nc1nc(N)nc2cc(Cl)cnc12. The van der Waals surface area contributed by atoms with E-state index >= 15 is 0 Å². The smallest absolute Gasteiger partial charge is 0.222 e. The molecule has 0 aliphatic heterocycles. The summed E-state index contributed by atoms with van der Waals surface area (Å²) in [7, 11) is 0. The van der Waals surface area contributed by atoms with Crippen LogP contribution in [0.3, 0.4) is 0 Å². The number of nitrogen functional groups attached to an aromatic ring is 3. The third kappa shape index (κ3) is 16.9. The van der Waals surface area contributed by atoms with Gasteiger partial charge in [0, 0.05) is 39.2 Å². The standard InChI is InChI=1S/C16H23ClN6O.C16H26N6O.C14H20FN5O/c1-4-5-6-16(3,9-20-10(2)24)23-14-13-12(21-15(18)22-14)7-11(17)8-19-13;1-7-8-16(5,9-19-11(4)23)22-14-13(18-6)12(10(2)3)20-15(17)21-14;1-3-4-5-14(2,8-21)20-12-11-10(18-13(16)19-12)6-9(15)7-17-11/h7-8H,4-6,9H2,1-3H3,(H,20,24)(H3,18,21,22,23);2,6-9H2,1,3-5H3,(H,19,23)(H3,17,20,21,22);6-7,21H,3-5,8H2,1-2H3,(H3,16,18,19,20)/t16-;;/m0../s1. The van der Waals surface area contributed by atoms with Gasteiger partial charge in [0.2, 0.25) is 29.7 Å². The first kappa shape index (κ1) is 55.7. The molecule has 12 N–H and O–H groups in total. The van der Waals surface area contributed by atoms with Gasteiger partial charge in [-0.2, -0.15) is 15.0 Å². The second-order valence-corrected chi connectivity index (χ2v) is 17.9. The molecule has 370 valence electrons. The van der Waals surface area contributed by atoms with E-state index < -0.39 is 16.9 Å². The highest BCUT2D eigenvalue weighted by Gasteiger charge is 2.28. The topological polar surface area (TPSA) is 308 Å². The van der Waals surface area contributed by atoms with Crippen molar-refractivity contribution in [2.45, 2.75) is 130 Å². The maximum atomic E-state index is 13.2. The monoisotopic (exact) mass is 962 g/mol. The van der Waals surface area contributed by atoms with E-state index in [1.807, 2.05) is 27.7 Å². The molecule has 22 heteroatoms. The maximum Gasteiger partial charge on any atom is 0.222 e. The number of anilines is 6. The van der Waals surface area contributed by atoms with Crippen LogP contribution in [0.4, 0.5) is 45.4 Å². The molecule has 0 aliphatic rings. The number of unbranched alkanes of at least 4 members (excludes halogenated alkanes) is 2. The second-order valence-electron chi connectivity index (χ2n) is 17.5. The van der Waals surface area contributed by atoms with Crippen molar-refractivity contribution >= 4 is 98.8 Å². The van der Waals surface area contributed by atoms with Crippen molar-refractivity contribution in [1.29, 1.82) is 0 Å². The van der Waals surface area contributed by atoms with Gasteiger partial charge in [-0.1, -0.05) is 71.1 Å². The number of amides is 2. The number of nitrogens with one attached hydrogen (secondary N) is 5. The van der Waals surface area contributed by atoms with Gasteiger partial charge in [0.25, 0.3) is 0 Å². The molecule has 2 amide bonds. The zero-order chi connectivity index (χ0) is 50.8. The minimum absolute atomic E-state index is 0.0354. The molecule has 0 saturated heterocycles. The van der Waals surface area contributed by atoms with E-state index in [-0.39, 0.29) is 41.8 Å². The number of nitrogens with two attached hydrogens (primary N) is 3. The Morgan fingerprint density at radius 2 is 1.16 bits per heavy atom. The number of pyridine rings is 2. The summed E-state index contributed by atoms with van der Waals surface area (Å²) < 4.78 is 13.2. The van der Waals surface area contributed by atoms with Crippen LogP contribution in [0.2, 0.25) is 5.02 Å². The van der Waals surface area contributed by atoms with E-state index in [2.05, 4.69) is 106 Å². The molecule has 0 radical (unpaired) electrons. The highest BCUT2D eigenvalue weighted by molar-refractivity contribution is 6.31. The Morgan fingerprint density at radius 1 is 0.706 bits per heavy atom. The summed E-state index contributed by atoms with van der Waals surface area (Å²) >= 11 is 5.98. The molecule has 0 aromatic carbocycles. The van der Waals surface area contributed by atoms with Gasteiger partial charge in [-0.15, -0.1) is 0 Å². The molecule has 0 bridgehead atoms. The molecule has 5 aromatic rings. The second kappa shape index (κ2) is 25.5. The van der Waals surface area contributed by atoms with Crippen LogP contribution >= 0.6 is 11.6 Å². The molecule has 0 saturated carbocycles. The Kier molecular flexibility index (Phi) is 20.9. The molecule has 2 unspecified atom stereocenters. The van der Waals surface area contributed by atoms with Crippen LogP contribution in [0.25, 0.3) is 27.6 Å². The normalized spacial score (nSPS) is 13.5. The van der Waals surface area contributed by atoms with E-state index in [1.54, 1.807) is 12.3 Å². The number of aliphatic imine (C=N–C) groups is 1. The number of carbonyl (C=O) groups is 2. The Bertz CT molecular complexity index is 2520. The van der Waals surface area contributed by atoms with Crippen molar-refractivity contribution < 1.29 is 19.1 Å². The average molecular weight is 963 g/mol. The van der Waals surface area contributed by atoms with Crippen LogP contribution < -0.4 is 43.8 Å². The Balaban J connectivity index is 0.000000271. The molecule has 0 spiro atoms. The van der Waals surface area contributed by atoms with Crippen molar-refractivity contribution in [1.82, 2.24) is 50.5 Å². The third-order valence-corrected chi connectivity index (χ3v) is 10.7. The maximum absolute atomic E-state index is 13.2. The molecule has 0 aliphatic carbocycles. The predicted molar refractivity (Wildman–Crippen MR) is 273 cm³/mol. The molecule has 5 aromatic heterocycles. The summed E-state index contributed by atoms with van der Waals surface area (Å²) in [5, 5.41) is 25.8. The number of aromatic nitrogens is 8. The van der Waals surface area contributed by atoms with E-state index in [0.717, 1.165) is 63.1 Å². The molecule has 20 nitrogen and oxygen atoms in total. The van der Waals surface area contributed by atoms with Crippen LogP contribution in [0, 0.1) is 5.82 Å². The quantitative estimate of drug-likeness (QED) is 0.0324. The predicted octanol–water partition coefficient (Wildman–Crippen LogP) is 7.39. The summed E-state index contributed by atoms with van der Waals surface area (Å²) in [4.78, 5) is 59.9. The van der Waals surface area contributed by atoms with Gasteiger partial charge in [0.05, 0.1) is 51.2 Å². The van der Waals surface area contributed by atoms with Crippen molar-refractivity contribution in [2.24, 2.45) is 4.99 Å². The summed E-state index contributed by atoms with van der Waals surface area (Å²) in [5.74, 6) is 1.12. The average Bonchev–Trinajstić information content (AvgIpc) is 3.26. The molecule has 0 fully saturated rings. The first-order valence-electron chi connectivity index (χ1n) is 22.4. The fourth-order valence-corrected chi connectivity index (χ4v) is 7.11.